The zero-order valence-corrected chi connectivity index (χ0v) is 15.4. The molecule has 0 spiro atoms. The summed E-state index contributed by atoms with van der Waals surface area (Å²) in [5.41, 5.74) is 1.50. The van der Waals surface area contributed by atoms with Crippen molar-refractivity contribution in [2.75, 3.05) is 18.0 Å². The van der Waals surface area contributed by atoms with E-state index in [9.17, 15) is 14.7 Å². The van der Waals surface area contributed by atoms with Crippen LogP contribution in [-0.4, -0.2) is 28.7 Å². The van der Waals surface area contributed by atoms with E-state index in [0.29, 0.717) is 11.4 Å². The molecule has 1 saturated carbocycles. The van der Waals surface area contributed by atoms with Crippen molar-refractivity contribution in [3.05, 3.63) is 34.1 Å². The van der Waals surface area contributed by atoms with Crippen molar-refractivity contribution in [3.8, 4) is 0 Å². The second-order valence-electron chi connectivity index (χ2n) is 7.14. The number of hydrogen-bond acceptors (Lipinski definition) is 3. The molecular formula is C19H23N2O3P. The summed E-state index contributed by atoms with van der Waals surface area (Å²) in [6.45, 7) is 2.07. The van der Waals surface area contributed by atoms with E-state index in [0.717, 1.165) is 42.4 Å². The van der Waals surface area contributed by atoms with Crippen LogP contribution in [0.25, 0.3) is 10.9 Å². The lowest BCUT2D eigenvalue weighted by Gasteiger charge is -2.25. The number of nitrogens with zero attached hydrogens (tertiary/aromatic N) is 2. The van der Waals surface area contributed by atoms with E-state index in [-0.39, 0.29) is 11.0 Å². The molecule has 5 nitrogen and oxygen atoms in total. The number of benzene rings is 1. The van der Waals surface area contributed by atoms with Crippen LogP contribution in [0.2, 0.25) is 0 Å². The van der Waals surface area contributed by atoms with Crippen LogP contribution < -0.4 is 15.6 Å². The maximum Gasteiger partial charge on any atom is 0.341 e. The summed E-state index contributed by atoms with van der Waals surface area (Å²) in [6.07, 6.45) is 8.54. The summed E-state index contributed by atoms with van der Waals surface area (Å²) < 4.78 is 2.01. The van der Waals surface area contributed by atoms with Gasteiger partial charge in [0.25, 0.3) is 0 Å². The van der Waals surface area contributed by atoms with Crippen LogP contribution in [0.4, 0.5) is 5.69 Å². The van der Waals surface area contributed by atoms with Crippen molar-refractivity contribution in [2.45, 2.75) is 44.6 Å². The number of pyridine rings is 1. The zero-order valence-electron chi connectivity index (χ0n) is 14.2. The Morgan fingerprint density at radius 2 is 1.80 bits per heavy atom. The number of aromatic carboxylic acids is 1. The predicted octanol–water partition coefficient (Wildman–Crippen LogP) is 2.92. The Kier molecular flexibility index (Phi) is 4.28. The van der Waals surface area contributed by atoms with Crippen LogP contribution in [0.5, 0.6) is 0 Å². The second kappa shape index (κ2) is 6.45. The summed E-state index contributed by atoms with van der Waals surface area (Å²) in [5, 5.41) is 10.9. The van der Waals surface area contributed by atoms with Crippen LogP contribution >= 0.6 is 9.24 Å². The fraction of sp³-hybridized carbons (Fsp3) is 0.474. The molecule has 0 amide bonds. The van der Waals surface area contributed by atoms with Crippen molar-refractivity contribution in [1.29, 1.82) is 0 Å². The van der Waals surface area contributed by atoms with E-state index in [1.165, 1.54) is 25.7 Å². The molecule has 132 valence electrons. The fourth-order valence-corrected chi connectivity index (χ4v) is 4.23. The van der Waals surface area contributed by atoms with Crippen LogP contribution in [0.1, 0.15) is 54.9 Å². The van der Waals surface area contributed by atoms with E-state index in [1.807, 2.05) is 10.6 Å². The summed E-state index contributed by atoms with van der Waals surface area (Å²) in [4.78, 5) is 26.5. The Hall–Kier alpha value is -1.87. The van der Waals surface area contributed by atoms with Gasteiger partial charge in [0.15, 0.2) is 0 Å². The molecule has 25 heavy (non-hydrogen) atoms. The number of carboxylic acids is 1. The maximum atomic E-state index is 12.6. The highest BCUT2D eigenvalue weighted by Crippen LogP contribution is 2.37. The number of anilines is 1. The Balaban J connectivity index is 1.92. The average Bonchev–Trinajstić information content (AvgIpc) is 3.42. The molecule has 1 atom stereocenters. The minimum Gasteiger partial charge on any atom is -0.477 e. The number of carboxylic acid groups (broad SMARTS) is 1. The smallest absolute Gasteiger partial charge is 0.341 e. The maximum absolute atomic E-state index is 12.6. The molecule has 2 fully saturated rings. The average molecular weight is 358 g/mol. The third-order valence-electron chi connectivity index (χ3n) is 5.30. The first kappa shape index (κ1) is 16.6. The third-order valence-corrected chi connectivity index (χ3v) is 5.76. The van der Waals surface area contributed by atoms with Crippen LogP contribution in [0.3, 0.4) is 0 Å². The molecule has 0 bridgehead atoms. The number of hydrogen-bond donors (Lipinski definition) is 1. The first-order valence-electron chi connectivity index (χ1n) is 9.03. The Bertz CT molecular complexity index is 894. The molecule has 2 aromatic rings. The van der Waals surface area contributed by atoms with Gasteiger partial charge in [-0.1, -0.05) is 12.8 Å². The minimum atomic E-state index is -1.15. The minimum absolute atomic E-state index is 0.133. The molecule has 0 radical (unpaired) electrons. The molecule has 6 heteroatoms. The second-order valence-corrected chi connectivity index (χ2v) is 7.77. The topological polar surface area (TPSA) is 62.5 Å². The molecule has 4 rings (SSSR count). The molecule has 1 unspecified atom stereocenters. The van der Waals surface area contributed by atoms with E-state index in [2.05, 4.69) is 20.2 Å². The number of carbonyl (C=O) groups is 1. The molecule has 1 aliphatic heterocycles. The largest absolute Gasteiger partial charge is 0.477 e. The molecule has 1 aromatic heterocycles. The fourth-order valence-electron chi connectivity index (χ4n) is 3.79. The van der Waals surface area contributed by atoms with Crippen molar-refractivity contribution in [3.63, 3.8) is 0 Å². The van der Waals surface area contributed by atoms with E-state index in [1.54, 1.807) is 6.20 Å². The van der Waals surface area contributed by atoms with Gasteiger partial charge in [-0.2, -0.15) is 0 Å². The lowest BCUT2D eigenvalue weighted by Crippen LogP contribution is -2.28. The first-order chi connectivity index (χ1) is 12.1. The summed E-state index contributed by atoms with van der Waals surface area (Å²) in [6, 6.07) is 4.26. The quantitative estimate of drug-likeness (QED) is 0.857. The van der Waals surface area contributed by atoms with Gasteiger partial charge in [0.05, 0.1) is 5.52 Å². The van der Waals surface area contributed by atoms with Gasteiger partial charge < -0.3 is 14.6 Å². The lowest BCUT2D eigenvalue weighted by molar-refractivity contribution is 0.0695. The summed E-state index contributed by atoms with van der Waals surface area (Å²) in [7, 11) is 2.73. The van der Waals surface area contributed by atoms with Gasteiger partial charge in [0.1, 0.15) is 5.56 Å². The molecule has 1 aromatic carbocycles. The highest BCUT2D eigenvalue weighted by molar-refractivity contribution is 7.28. The highest BCUT2D eigenvalue weighted by Gasteiger charge is 2.27. The van der Waals surface area contributed by atoms with Crippen molar-refractivity contribution in [2.24, 2.45) is 0 Å². The van der Waals surface area contributed by atoms with Crippen LogP contribution in [0.15, 0.2) is 23.1 Å². The number of rotatable bonds is 3. The normalized spacial score (nSPS) is 18.4. The standard InChI is InChI=1S/C19H23N2O3P/c22-18-13-9-17(25)16(20-7-3-1-2-4-8-20)10-15(13)21(12-5-6-12)11-14(18)19(23)24/h9-12H,1-8,25H2,(H,23,24). The predicted molar refractivity (Wildman–Crippen MR) is 103 cm³/mol. The molecule has 1 N–H and O–H groups in total. The summed E-state index contributed by atoms with van der Waals surface area (Å²) in [5.74, 6) is -1.15. The van der Waals surface area contributed by atoms with Gasteiger partial charge in [-0.25, -0.2) is 4.79 Å². The van der Waals surface area contributed by atoms with Gasteiger partial charge in [-0.3, -0.25) is 4.79 Å². The molecular weight excluding hydrogens is 335 g/mol. The Morgan fingerprint density at radius 1 is 1.12 bits per heavy atom. The third kappa shape index (κ3) is 3.06. The van der Waals surface area contributed by atoms with E-state index in [4.69, 9.17) is 0 Å². The van der Waals surface area contributed by atoms with Crippen molar-refractivity contribution in [1.82, 2.24) is 4.57 Å². The number of fused-ring (bicyclic) bond motifs is 1. The van der Waals surface area contributed by atoms with Crippen molar-refractivity contribution >= 4 is 37.1 Å². The van der Waals surface area contributed by atoms with Gasteiger partial charge in [0, 0.05) is 36.4 Å². The van der Waals surface area contributed by atoms with Gasteiger partial charge in [-0.05, 0) is 43.1 Å². The Labute approximate surface area is 148 Å². The Morgan fingerprint density at radius 3 is 2.40 bits per heavy atom. The lowest BCUT2D eigenvalue weighted by atomic mass is 10.1. The SMILES string of the molecule is O=C(O)c1cn(C2CC2)c2cc(N3CCCCCC3)c(P)cc2c1=O. The van der Waals surface area contributed by atoms with Crippen molar-refractivity contribution < 1.29 is 9.90 Å². The monoisotopic (exact) mass is 358 g/mol. The van der Waals surface area contributed by atoms with E-state index >= 15 is 0 Å². The van der Waals surface area contributed by atoms with Crippen LogP contribution in [-0.2, 0) is 0 Å². The van der Waals surface area contributed by atoms with Gasteiger partial charge in [-0.15, -0.1) is 9.24 Å². The summed E-state index contributed by atoms with van der Waals surface area (Å²) >= 11 is 0. The molecule has 1 aliphatic carbocycles. The highest BCUT2D eigenvalue weighted by atomic mass is 31.0. The zero-order chi connectivity index (χ0) is 17.6. The first-order valence-corrected chi connectivity index (χ1v) is 9.60. The van der Waals surface area contributed by atoms with Crippen LogP contribution in [0, 0.1) is 0 Å². The molecule has 2 heterocycles. The van der Waals surface area contributed by atoms with E-state index < -0.39 is 5.97 Å². The van der Waals surface area contributed by atoms with Gasteiger partial charge >= 0.3 is 5.97 Å². The molecule has 2 aliphatic rings. The number of aromatic nitrogens is 1. The molecule has 1 saturated heterocycles. The van der Waals surface area contributed by atoms with Gasteiger partial charge in [0.2, 0.25) is 5.43 Å².